The number of carbonyl (C=O) groups is 1. The molecule has 3 nitrogen and oxygen atoms in total. The van der Waals surface area contributed by atoms with E-state index in [2.05, 4.69) is 5.32 Å². The van der Waals surface area contributed by atoms with Gasteiger partial charge in [-0.25, -0.2) is 0 Å². The average molecular weight is 336 g/mol. The Morgan fingerprint density at radius 1 is 1.04 bits per heavy atom. The van der Waals surface area contributed by atoms with Gasteiger partial charge in [0.1, 0.15) is 5.75 Å². The van der Waals surface area contributed by atoms with Gasteiger partial charge in [0.2, 0.25) is 0 Å². The zero-order valence-electron chi connectivity index (χ0n) is 13.0. The number of methoxy groups -OCH3 is 1. The van der Waals surface area contributed by atoms with Crippen molar-refractivity contribution < 1.29 is 9.53 Å². The van der Waals surface area contributed by atoms with Crippen LogP contribution in [-0.2, 0) is 4.79 Å². The highest BCUT2D eigenvalue weighted by molar-refractivity contribution is 6.37. The lowest BCUT2D eigenvalue weighted by Gasteiger charge is -2.08. The number of rotatable bonds is 2. The fourth-order valence-corrected chi connectivity index (χ4v) is 3.24. The topological polar surface area (TPSA) is 38.3 Å². The molecule has 0 spiro atoms. The predicted octanol–water partition coefficient (Wildman–Crippen LogP) is 4.99. The lowest BCUT2D eigenvalue weighted by molar-refractivity contribution is -0.110. The molecule has 1 heterocycles. The number of anilines is 1. The molecule has 0 bridgehead atoms. The summed E-state index contributed by atoms with van der Waals surface area (Å²) in [5.74, 6) is 0.697. The summed E-state index contributed by atoms with van der Waals surface area (Å²) in [7, 11) is 1.66. The Bertz CT molecular complexity index is 1010. The van der Waals surface area contributed by atoms with E-state index in [0.29, 0.717) is 10.6 Å². The van der Waals surface area contributed by atoms with Gasteiger partial charge in [0.05, 0.1) is 12.8 Å². The van der Waals surface area contributed by atoms with Crippen molar-refractivity contribution in [3.63, 3.8) is 0 Å². The molecule has 1 amide bonds. The van der Waals surface area contributed by atoms with E-state index in [1.54, 1.807) is 19.2 Å². The van der Waals surface area contributed by atoms with Crippen molar-refractivity contribution >= 4 is 45.6 Å². The quantitative estimate of drug-likeness (QED) is 0.670. The van der Waals surface area contributed by atoms with E-state index in [9.17, 15) is 4.79 Å². The van der Waals surface area contributed by atoms with Crippen molar-refractivity contribution in [2.75, 3.05) is 12.4 Å². The average Bonchev–Trinajstić information content (AvgIpc) is 2.90. The number of hydrogen-bond acceptors (Lipinski definition) is 2. The Labute approximate surface area is 144 Å². The summed E-state index contributed by atoms with van der Waals surface area (Å²) < 4.78 is 5.43. The highest BCUT2D eigenvalue weighted by Gasteiger charge is 2.24. The molecule has 0 radical (unpaired) electrons. The van der Waals surface area contributed by atoms with E-state index in [0.717, 1.165) is 33.3 Å². The number of fused-ring (bicyclic) bond motifs is 2. The van der Waals surface area contributed by atoms with Crippen molar-refractivity contribution in [3.8, 4) is 5.75 Å². The molecule has 0 fully saturated rings. The van der Waals surface area contributed by atoms with Crippen LogP contribution in [0.3, 0.4) is 0 Å². The summed E-state index contributed by atoms with van der Waals surface area (Å²) in [6, 6.07) is 17.3. The molecule has 0 aromatic heterocycles. The van der Waals surface area contributed by atoms with E-state index >= 15 is 0 Å². The van der Waals surface area contributed by atoms with Gasteiger partial charge in [0.15, 0.2) is 0 Å². The Kier molecular flexibility index (Phi) is 3.51. The zero-order chi connectivity index (χ0) is 16.7. The van der Waals surface area contributed by atoms with Crippen LogP contribution in [0.5, 0.6) is 5.75 Å². The molecule has 118 valence electrons. The third kappa shape index (κ3) is 2.34. The number of nitrogens with one attached hydrogen (secondary N) is 1. The summed E-state index contributed by atoms with van der Waals surface area (Å²) in [6.07, 6.45) is 1.91. The van der Waals surface area contributed by atoms with Gasteiger partial charge in [0, 0.05) is 21.5 Å². The number of carbonyl (C=O) groups excluding carboxylic acids is 1. The molecule has 0 aliphatic carbocycles. The standard InChI is InChI=1S/C20H14ClNO2/c1-24-19-9-6-12(14-4-2-3-5-16(14)19)10-17-15-8-7-13(21)11-18(15)22-20(17)23/h2-11H,1H3,(H,22,23)/b17-10+. The number of hydrogen-bond donors (Lipinski definition) is 1. The molecule has 3 aromatic carbocycles. The largest absolute Gasteiger partial charge is 0.496 e. The number of amides is 1. The van der Waals surface area contributed by atoms with Crippen molar-refractivity contribution in [1.82, 2.24) is 0 Å². The predicted molar refractivity (Wildman–Crippen MR) is 98.5 cm³/mol. The molecule has 0 unspecified atom stereocenters. The number of halogens is 1. The van der Waals surface area contributed by atoms with Gasteiger partial charge < -0.3 is 10.1 Å². The normalized spacial score (nSPS) is 14.8. The van der Waals surface area contributed by atoms with Crippen LogP contribution < -0.4 is 10.1 Å². The van der Waals surface area contributed by atoms with E-state index in [1.807, 2.05) is 48.5 Å². The highest BCUT2D eigenvalue weighted by atomic mass is 35.5. The van der Waals surface area contributed by atoms with Gasteiger partial charge in [0.25, 0.3) is 5.91 Å². The third-order valence-corrected chi connectivity index (χ3v) is 4.44. The summed E-state index contributed by atoms with van der Waals surface area (Å²) in [5.41, 5.74) is 3.22. The SMILES string of the molecule is COc1ccc(/C=C2/C(=O)Nc3cc(Cl)ccc32)c2ccccc12. The second-order valence-corrected chi connectivity index (χ2v) is 6.04. The molecule has 24 heavy (non-hydrogen) atoms. The van der Waals surface area contributed by atoms with Gasteiger partial charge in [-0.05, 0) is 35.2 Å². The molecule has 4 rings (SSSR count). The highest BCUT2D eigenvalue weighted by Crippen LogP contribution is 2.36. The smallest absolute Gasteiger partial charge is 0.256 e. The second-order valence-electron chi connectivity index (χ2n) is 5.60. The molecular weight excluding hydrogens is 322 g/mol. The molecular formula is C20H14ClNO2. The minimum atomic E-state index is -0.118. The summed E-state index contributed by atoms with van der Waals surface area (Å²) in [5, 5.41) is 5.52. The first-order chi connectivity index (χ1) is 11.7. The van der Waals surface area contributed by atoms with Gasteiger partial charge >= 0.3 is 0 Å². The Morgan fingerprint density at radius 2 is 1.83 bits per heavy atom. The maximum atomic E-state index is 12.4. The second kappa shape index (κ2) is 5.69. The van der Waals surface area contributed by atoms with Gasteiger partial charge in [-0.2, -0.15) is 0 Å². The lowest BCUT2D eigenvalue weighted by atomic mass is 9.99. The van der Waals surface area contributed by atoms with Crippen LogP contribution in [-0.4, -0.2) is 13.0 Å². The van der Waals surface area contributed by atoms with Crippen LogP contribution in [0.1, 0.15) is 11.1 Å². The van der Waals surface area contributed by atoms with E-state index in [4.69, 9.17) is 16.3 Å². The molecule has 0 saturated heterocycles. The van der Waals surface area contributed by atoms with Crippen molar-refractivity contribution in [1.29, 1.82) is 0 Å². The summed E-state index contributed by atoms with van der Waals surface area (Å²) in [4.78, 5) is 12.4. The molecule has 0 atom stereocenters. The Morgan fingerprint density at radius 3 is 2.62 bits per heavy atom. The van der Waals surface area contributed by atoms with Crippen LogP contribution >= 0.6 is 11.6 Å². The summed E-state index contributed by atoms with van der Waals surface area (Å²) >= 11 is 6.01. The van der Waals surface area contributed by atoms with Crippen LogP contribution in [0.15, 0.2) is 54.6 Å². The zero-order valence-corrected chi connectivity index (χ0v) is 13.7. The van der Waals surface area contributed by atoms with Crippen molar-refractivity contribution in [2.24, 2.45) is 0 Å². The van der Waals surface area contributed by atoms with Gasteiger partial charge in [-0.15, -0.1) is 0 Å². The Hall–Kier alpha value is -2.78. The maximum Gasteiger partial charge on any atom is 0.256 e. The minimum absolute atomic E-state index is 0.118. The molecule has 1 N–H and O–H groups in total. The number of ether oxygens (including phenoxy) is 1. The number of benzene rings is 3. The van der Waals surface area contributed by atoms with Gasteiger partial charge in [-0.1, -0.05) is 48.0 Å². The summed E-state index contributed by atoms with van der Waals surface area (Å²) in [6.45, 7) is 0. The van der Waals surface area contributed by atoms with Crippen LogP contribution in [0.4, 0.5) is 5.69 Å². The van der Waals surface area contributed by atoms with Crippen LogP contribution in [0.2, 0.25) is 5.02 Å². The fraction of sp³-hybridized carbons (Fsp3) is 0.0500. The first-order valence-electron chi connectivity index (χ1n) is 7.56. The van der Waals surface area contributed by atoms with E-state index in [-0.39, 0.29) is 5.91 Å². The van der Waals surface area contributed by atoms with Gasteiger partial charge in [-0.3, -0.25) is 4.79 Å². The third-order valence-electron chi connectivity index (χ3n) is 4.20. The van der Waals surface area contributed by atoms with Crippen LogP contribution in [0.25, 0.3) is 22.4 Å². The monoisotopic (exact) mass is 335 g/mol. The molecule has 0 saturated carbocycles. The van der Waals surface area contributed by atoms with E-state index < -0.39 is 0 Å². The molecule has 1 aliphatic heterocycles. The minimum Gasteiger partial charge on any atom is -0.496 e. The van der Waals surface area contributed by atoms with Crippen molar-refractivity contribution in [3.05, 3.63) is 70.7 Å². The Balaban J connectivity index is 1.91. The van der Waals surface area contributed by atoms with Crippen LogP contribution in [0, 0.1) is 0 Å². The fourth-order valence-electron chi connectivity index (χ4n) is 3.06. The lowest BCUT2D eigenvalue weighted by Crippen LogP contribution is -2.03. The van der Waals surface area contributed by atoms with E-state index in [1.165, 1.54) is 0 Å². The maximum absolute atomic E-state index is 12.4. The van der Waals surface area contributed by atoms with Crippen molar-refractivity contribution in [2.45, 2.75) is 0 Å². The molecule has 3 aromatic rings. The first-order valence-corrected chi connectivity index (χ1v) is 7.94. The molecule has 1 aliphatic rings. The first kappa shape index (κ1) is 14.8. The molecule has 4 heteroatoms.